The van der Waals surface area contributed by atoms with Crippen molar-refractivity contribution in [2.45, 2.75) is 52.7 Å². The van der Waals surface area contributed by atoms with E-state index in [1.54, 1.807) is 0 Å². The lowest BCUT2D eigenvalue weighted by Crippen LogP contribution is -2.41. The van der Waals surface area contributed by atoms with Crippen LogP contribution in [-0.4, -0.2) is 17.7 Å². The largest absolute Gasteiger partial charge is 0.444 e. The van der Waals surface area contributed by atoms with Gasteiger partial charge in [-0.15, -0.1) is 6.42 Å². The van der Waals surface area contributed by atoms with Crippen molar-refractivity contribution >= 4 is 6.09 Å². The molecule has 0 spiro atoms. The second kappa shape index (κ2) is 5.65. The maximum absolute atomic E-state index is 11.4. The Morgan fingerprint density at radius 2 is 2.07 bits per heavy atom. The van der Waals surface area contributed by atoms with E-state index in [2.05, 4.69) is 11.2 Å². The molecule has 3 nitrogen and oxygen atoms in total. The van der Waals surface area contributed by atoms with Crippen LogP contribution in [0, 0.1) is 18.3 Å². The smallest absolute Gasteiger partial charge is 0.408 e. The highest BCUT2D eigenvalue weighted by Crippen LogP contribution is 2.10. The van der Waals surface area contributed by atoms with Crippen LogP contribution in [0.4, 0.5) is 4.79 Å². The predicted molar refractivity (Wildman–Crippen MR) is 61.4 cm³/mol. The van der Waals surface area contributed by atoms with Crippen LogP contribution >= 0.6 is 0 Å². The monoisotopic (exact) mass is 211 g/mol. The standard InChI is InChI=1S/C12H21NO2/c1-7-9(3)10(8-2)13-11(14)15-12(4,5)6/h2,9-10H,7H2,1,3-6H3,(H,13,14)/t9-,10+/m0/s1. The van der Waals surface area contributed by atoms with Gasteiger partial charge >= 0.3 is 6.09 Å². The number of amides is 1. The van der Waals surface area contributed by atoms with Gasteiger partial charge in [-0.1, -0.05) is 26.2 Å². The lowest BCUT2D eigenvalue weighted by Gasteiger charge is -2.23. The summed E-state index contributed by atoms with van der Waals surface area (Å²) in [6, 6.07) is -0.259. The maximum atomic E-state index is 11.4. The van der Waals surface area contributed by atoms with Crippen LogP contribution in [-0.2, 0) is 4.74 Å². The van der Waals surface area contributed by atoms with Gasteiger partial charge in [0.15, 0.2) is 0 Å². The van der Waals surface area contributed by atoms with E-state index < -0.39 is 11.7 Å². The van der Waals surface area contributed by atoms with Crippen molar-refractivity contribution in [3.8, 4) is 12.3 Å². The van der Waals surface area contributed by atoms with Crippen LogP contribution in [0.3, 0.4) is 0 Å². The van der Waals surface area contributed by atoms with E-state index in [0.717, 1.165) is 6.42 Å². The molecule has 0 radical (unpaired) electrons. The van der Waals surface area contributed by atoms with Crippen molar-refractivity contribution < 1.29 is 9.53 Å². The molecule has 1 N–H and O–H groups in total. The van der Waals surface area contributed by atoms with Crippen molar-refractivity contribution in [2.75, 3.05) is 0 Å². The number of carbonyl (C=O) groups is 1. The third-order valence-corrected chi connectivity index (χ3v) is 2.06. The normalized spacial score (nSPS) is 14.9. The quantitative estimate of drug-likeness (QED) is 0.729. The molecular weight excluding hydrogens is 190 g/mol. The zero-order valence-electron chi connectivity index (χ0n) is 10.3. The molecule has 0 aliphatic heterocycles. The second-order valence-electron chi connectivity index (χ2n) is 4.68. The summed E-state index contributed by atoms with van der Waals surface area (Å²) in [5.74, 6) is 2.81. The number of rotatable bonds is 3. The van der Waals surface area contributed by atoms with Crippen LogP contribution in [0.2, 0.25) is 0 Å². The topological polar surface area (TPSA) is 38.3 Å². The number of nitrogens with one attached hydrogen (secondary N) is 1. The maximum Gasteiger partial charge on any atom is 0.408 e. The van der Waals surface area contributed by atoms with E-state index in [1.807, 2.05) is 34.6 Å². The number of terminal acetylenes is 1. The highest BCUT2D eigenvalue weighted by molar-refractivity contribution is 5.68. The summed E-state index contributed by atoms with van der Waals surface area (Å²) in [5, 5.41) is 2.68. The van der Waals surface area contributed by atoms with E-state index in [1.165, 1.54) is 0 Å². The van der Waals surface area contributed by atoms with Crippen LogP contribution in [0.25, 0.3) is 0 Å². The van der Waals surface area contributed by atoms with Crippen molar-refractivity contribution in [1.82, 2.24) is 5.32 Å². The second-order valence-corrected chi connectivity index (χ2v) is 4.68. The molecule has 0 aliphatic carbocycles. The first kappa shape index (κ1) is 13.8. The average Bonchev–Trinajstić information content (AvgIpc) is 2.10. The molecule has 0 aliphatic rings. The molecule has 0 aromatic carbocycles. The third-order valence-electron chi connectivity index (χ3n) is 2.06. The van der Waals surface area contributed by atoms with E-state index >= 15 is 0 Å². The summed E-state index contributed by atoms with van der Waals surface area (Å²) in [7, 11) is 0. The van der Waals surface area contributed by atoms with Crippen LogP contribution in [0.1, 0.15) is 41.0 Å². The van der Waals surface area contributed by atoms with Gasteiger partial charge in [0, 0.05) is 0 Å². The first-order valence-electron chi connectivity index (χ1n) is 5.25. The van der Waals surface area contributed by atoms with E-state index in [0.29, 0.717) is 0 Å². The SMILES string of the molecule is C#C[C@@H](NC(=O)OC(C)(C)C)[C@@H](C)CC. The number of ether oxygens (including phenoxy) is 1. The van der Waals surface area contributed by atoms with Crippen LogP contribution in [0.15, 0.2) is 0 Å². The first-order chi connectivity index (χ1) is 6.80. The zero-order valence-corrected chi connectivity index (χ0v) is 10.3. The van der Waals surface area contributed by atoms with Gasteiger partial charge in [0.1, 0.15) is 5.60 Å². The fourth-order valence-corrected chi connectivity index (χ4v) is 1.02. The highest BCUT2D eigenvalue weighted by Gasteiger charge is 2.20. The molecule has 0 fully saturated rings. The third kappa shape index (κ3) is 6.01. The minimum Gasteiger partial charge on any atom is -0.444 e. The Bertz CT molecular complexity index is 247. The summed E-state index contributed by atoms with van der Waals surface area (Å²) >= 11 is 0. The number of hydrogen-bond acceptors (Lipinski definition) is 2. The summed E-state index contributed by atoms with van der Waals surface area (Å²) in [6.07, 6.45) is 5.81. The molecule has 2 atom stereocenters. The van der Waals surface area contributed by atoms with Gasteiger partial charge in [0.2, 0.25) is 0 Å². The Labute approximate surface area is 92.6 Å². The number of hydrogen-bond donors (Lipinski definition) is 1. The van der Waals surface area contributed by atoms with Gasteiger partial charge in [-0.25, -0.2) is 4.79 Å². The molecule has 15 heavy (non-hydrogen) atoms. The molecule has 0 saturated heterocycles. The van der Waals surface area contributed by atoms with Crippen LogP contribution < -0.4 is 5.32 Å². The molecular formula is C12H21NO2. The predicted octanol–water partition coefficient (Wildman–Crippen LogP) is 2.56. The minimum atomic E-state index is -0.487. The van der Waals surface area contributed by atoms with Crippen molar-refractivity contribution in [3.63, 3.8) is 0 Å². The van der Waals surface area contributed by atoms with Gasteiger partial charge in [0.25, 0.3) is 0 Å². The molecule has 0 rings (SSSR count). The van der Waals surface area contributed by atoms with Gasteiger partial charge in [0.05, 0.1) is 6.04 Å². The van der Waals surface area contributed by atoms with Gasteiger partial charge in [-0.3, -0.25) is 0 Å². The first-order valence-corrected chi connectivity index (χ1v) is 5.25. The number of alkyl carbamates (subject to hydrolysis) is 1. The fourth-order valence-electron chi connectivity index (χ4n) is 1.02. The van der Waals surface area contributed by atoms with E-state index in [9.17, 15) is 4.79 Å². The summed E-state index contributed by atoms with van der Waals surface area (Å²) in [5.41, 5.74) is -0.487. The molecule has 3 heteroatoms. The van der Waals surface area contributed by atoms with Crippen molar-refractivity contribution in [3.05, 3.63) is 0 Å². The number of carbonyl (C=O) groups excluding carboxylic acids is 1. The van der Waals surface area contributed by atoms with Crippen molar-refractivity contribution in [1.29, 1.82) is 0 Å². The molecule has 0 saturated carbocycles. The van der Waals surface area contributed by atoms with Gasteiger partial charge in [-0.05, 0) is 26.7 Å². The van der Waals surface area contributed by atoms with E-state index in [-0.39, 0.29) is 12.0 Å². The fraction of sp³-hybridized carbons (Fsp3) is 0.750. The Kier molecular flexibility index (Phi) is 5.21. The molecule has 0 aromatic rings. The summed E-state index contributed by atoms with van der Waals surface area (Å²) in [6.45, 7) is 9.50. The Balaban J connectivity index is 4.21. The molecule has 86 valence electrons. The minimum absolute atomic E-state index is 0.252. The summed E-state index contributed by atoms with van der Waals surface area (Å²) < 4.78 is 5.12. The summed E-state index contributed by atoms with van der Waals surface area (Å²) in [4.78, 5) is 11.4. The van der Waals surface area contributed by atoms with Crippen LogP contribution in [0.5, 0.6) is 0 Å². The Morgan fingerprint density at radius 1 is 1.53 bits per heavy atom. The Hall–Kier alpha value is -1.17. The van der Waals surface area contributed by atoms with Gasteiger partial charge in [-0.2, -0.15) is 0 Å². The van der Waals surface area contributed by atoms with E-state index in [4.69, 9.17) is 11.2 Å². The molecule has 0 bridgehead atoms. The molecule has 0 aromatic heterocycles. The Morgan fingerprint density at radius 3 is 2.40 bits per heavy atom. The zero-order chi connectivity index (χ0) is 12.1. The molecule has 1 amide bonds. The lowest BCUT2D eigenvalue weighted by atomic mass is 10.0. The lowest BCUT2D eigenvalue weighted by molar-refractivity contribution is 0.0504. The van der Waals surface area contributed by atoms with Gasteiger partial charge < -0.3 is 10.1 Å². The highest BCUT2D eigenvalue weighted by atomic mass is 16.6. The molecule has 0 unspecified atom stereocenters. The molecule has 0 heterocycles. The average molecular weight is 211 g/mol. The van der Waals surface area contributed by atoms with Crippen molar-refractivity contribution in [2.24, 2.45) is 5.92 Å².